The first kappa shape index (κ1) is 16.0. The highest BCUT2D eigenvalue weighted by Crippen LogP contribution is 2.19. The summed E-state index contributed by atoms with van der Waals surface area (Å²) in [5.74, 6) is 0.427. The van der Waals surface area contributed by atoms with Crippen LogP contribution in [0.15, 0.2) is 41.7 Å². The molecule has 0 bridgehead atoms. The molecule has 6 heteroatoms. The Bertz CT molecular complexity index is 635. The van der Waals surface area contributed by atoms with Crippen molar-refractivity contribution in [2.75, 3.05) is 13.7 Å². The first-order valence-corrected chi connectivity index (χ1v) is 7.22. The summed E-state index contributed by atoms with van der Waals surface area (Å²) in [4.78, 5) is 4.36. The molecule has 0 spiro atoms. The predicted octanol–water partition coefficient (Wildman–Crippen LogP) is 1.53. The summed E-state index contributed by atoms with van der Waals surface area (Å²) >= 11 is 0. The molecule has 1 aromatic heterocycles. The van der Waals surface area contributed by atoms with Crippen molar-refractivity contribution in [1.82, 2.24) is 15.1 Å². The summed E-state index contributed by atoms with van der Waals surface area (Å²) in [6, 6.07) is 8.36. The van der Waals surface area contributed by atoms with Gasteiger partial charge >= 0.3 is 0 Å². The van der Waals surface area contributed by atoms with Gasteiger partial charge in [-0.3, -0.25) is 4.68 Å². The van der Waals surface area contributed by atoms with Gasteiger partial charge < -0.3 is 15.8 Å². The van der Waals surface area contributed by atoms with Gasteiger partial charge in [0.2, 0.25) is 0 Å². The van der Waals surface area contributed by atoms with Crippen molar-refractivity contribution in [3.8, 4) is 11.1 Å². The maximum absolute atomic E-state index is 5.88. The SMILES string of the molecule is COCC(C)NC(N)=NCc1cccc(-c2cnn(C)c2)c1. The van der Waals surface area contributed by atoms with Gasteiger partial charge in [0.15, 0.2) is 5.96 Å². The standard InChI is InChI=1S/C16H23N5O/c1-12(11-22-3)20-16(17)18-8-13-5-4-6-14(7-13)15-9-19-21(2)10-15/h4-7,9-10,12H,8,11H2,1-3H3,(H3,17,18,20). The number of aryl methyl sites for hydroxylation is 1. The van der Waals surface area contributed by atoms with Crippen LogP contribution < -0.4 is 11.1 Å². The fourth-order valence-electron chi connectivity index (χ4n) is 2.19. The Morgan fingerprint density at radius 3 is 2.95 bits per heavy atom. The van der Waals surface area contributed by atoms with Gasteiger partial charge in [0.1, 0.15) is 0 Å². The van der Waals surface area contributed by atoms with Crippen LogP contribution in [-0.2, 0) is 18.3 Å². The lowest BCUT2D eigenvalue weighted by atomic mass is 10.1. The van der Waals surface area contributed by atoms with Crippen LogP contribution in [0.2, 0.25) is 0 Å². The zero-order chi connectivity index (χ0) is 15.9. The number of aromatic nitrogens is 2. The lowest BCUT2D eigenvalue weighted by Gasteiger charge is -2.13. The molecular weight excluding hydrogens is 278 g/mol. The van der Waals surface area contributed by atoms with Gasteiger partial charge in [-0.15, -0.1) is 0 Å². The van der Waals surface area contributed by atoms with Crippen molar-refractivity contribution in [3.63, 3.8) is 0 Å². The average molecular weight is 301 g/mol. The van der Waals surface area contributed by atoms with Gasteiger partial charge in [-0.2, -0.15) is 5.10 Å². The number of aliphatic imine (C=N–C) groups is 1. The molecule has 22 heavy (non-hydrogen) atoms. The molecule has 2 rings (SSSR count). The third-order valence-electron chi connectivity index (χ3n) is 3.21. The molecule has 2 aromatic rings. The van der Waals surface area contributed by atoms with E-state index in [2.05, 4.69) is 27.5 Å². The van der Waals surface area contributed by atoms with E-state index >= 15 is 0 Å². The molecule has 1 aromatic carbocycles. The maximum Gasteiger partial charge on any atom is 0.189 e. The Morgan fingerprint density at radius 2 is 2.27 bits per heavy atom. The van der Waals surface area contributed by atoms with E-state index in [1.165, 1.54) is 0 Å². The smallest absolute Gasteiger partial charge is 0.189 e. The minimum atomic E-state index is 0.135. The summed E-state index contributed by atoms with van der Waals surface area (Å²) < 4.78 is 6.84. The molecule has 0 saturated heterocycles. The van der Waals surface area contributed by atoms with Gasteiger partial charge in [-0.05, 0) is 24.1 Å². The van der Waals surface area contributed by atoms with Crippen molar-refractivity contribution in [3.05, 3.63) is 42.2 Å². The van der Waals surface area contributed by atoms with Crippen LogP contribution in [0.4, 0.5) is 0 Å². The van der Waals surface area contributed by atoms with Gasteiger partial charge in [-0.25, -0.2) is 4.99 Å². The highest BCUT2D eigenvalue weighted by Gasteiger charge is 2.03. The van der Waals surface area contributed by atoms with Gasteiger partial charge in [0, 0.05) is 32.0 Å². The van der Waals surface area contributed by atoms with E-state index < -0.39 is 0 Å². The number of nitrogens with zero attached hydrogens (tertiary/aromatic N) is 3. The van der Waals surface area contributed by atoms with Gasteiger partial charge in [0.05, 0.1) is 19.3 Å². The van der Waals surface area contributed by atoms with Crippen LogP contribution in [0.5, 0.6) is 0 Å². The molecule has 0 amide bonds. The fraction of sp³-hybridized carbons (Fsp3) is 0.375. The highest BCUT2D eigenvalue weighted by molar-refractivity contribution is 5.78. The second-order valence-corrected chi connectivity index (χ2v) is 5.31. The van der Waals surface area contributed by atoms with Crippen LogP contribution in [0.1, 0.15) is 12.5 Å². The largest absolute Gasteiger partial charge is 0.383 e. The second-order valence-electron chi connectivity index (χ2n) is 5.31. The minimum absolute atomic E-state index is 0.135. The second kappa shape index (κ2) is 7.61. The van der Waals surface area contributed by atoms with Crippen LogP contribution >= 0.6 is 0 Å². The number of nitrogens with two attached hydrogens (primary N) is 1. The maximum atomic E-state index is 5.88. The molecule has 0 aliphatic rings. The average Bonchev–Trinajstić information content (AvgIpc) is 2.92. The van der Waals surface area contributed by atoms with Crippen molar-refractivity contribution in [1.29, 1.82) is 0 Å². The van der Waals surface area contributed by atoms with E-state index in [9.17, 15) is 0 Å². The van der Waals surface area contributed by atoms with E-state index in [0.29, 0.717) is 19.1 Å². The van der Waals surface area contributed by atoms with E-state index in [4.69, 9.17) is 10.5 Å². The third-order valence-corrected chi connectivity index (χ3v) is 3.21. The van der Waals surface area contributed by atoms with Crippen molar-refractivity contribution < 1.29 is 4.74 Å². The molecule has 118 valence electrons. The number of ether oxygens (including phenoxy) is 1. The summed E-state index contributed by atoms with van der Waals surface area (Å²) in [7, 11) is 3.57. The lowest BCUT2D eigenvalue weighted by molar-refractivity contribution is 0.179. The van der Waals surface area contributed by atoms with Crippen molar-refractivity contribution in [2.24, 2.45) is 17.8 Å². The molecule has 1 unspecified atom stereocenters. The van der Waals surface area contributed by atoms with E-state index in [-0.39, 0.29) is 6.04 Å². The number of rotatable bonds is 6. The van der Waals surface area contributed by atoms with Crippen LogP contribution in [-0.4, -0.2) is 35.5 Å². The summed E-state index contributed by atoms with van der Waals surface area (Å²) in [5, 5.41) is 7.28. The number of methoxy groups -OCH3 is 1. The number of nitrogens with one attached hydrogen (secondary N) is 1. The molecule has 1 atom stereocenters. The van der Waals surface area contributed by atoms with Gasteiger partial charge in [0.25, 0.3) is 0 Å². The molecular formula is C16H23N5O. The highest BCUT2D eigenvalue weighted by atomic mass is 16.5. The van der Waals surface area contributed by atoms with Crippen LogP contribution in [0.3, 0.4) is 0 Å². The van der Waals surface area contributed by atoms with Gasteiger partial charge in [-0.1, -0.05) is 18.2 Å². The molecule has 0 fully saturated rings. The van der Waals surface area contributed by atoms with E-state index in [1.807, 2.05) is 38.5 Å². The number of hydrogen-bond acceptors (Lipinski definition) is 3. The zero-order valence-electron chi connectivity index (χ0n) is 13.3. The minimum Gasteiger partial charge on any atom is -0.383 e. The Morgan fingerprint density at radius 1 is 1.45 bits per heavy atom. The first-order valence-electron chi connectivity index (χ1n) is 7.22. The van der Waals surface area contributed by atoms with Crippen LogP contribution in [0.25, 0.3) is 11.1 Å². The topological polar surface area (TPSA) is 77.5 Å². The van der Waals surface area contributed by atoms with E-state index in [0.717, 1.165) is 16.7 Å². The summed E-state index contributed by atoms with van der Waals surface area (Å²) in [5.41, 5.74) is 9.19. The van der Waals surface area contributed by atoms with Crippen molar-refractivity contribution >= 4 is 5.96 Å². The third kappa shape index (κ3) is 4.60. The fourth-order valence-corrected chi connectivity index (χ4v) is 2.19. The molecule has 6 nitrogen and oxygen atoms in total. The summed E-state index contributed by atoms with van der Waals surface area (Å²) in [6.07, 6.45) is 3.84. The molecule has 0 saturated carbocycles. The van der Waals surface area contributed by atoms with Crippen LogP contribution in [0, 0.1) is 0 Å². The zero-order valence-corrected chi connectivity index (χ0v) is 13.3. The van der Waals surface area contributed by atoms with E-state index in [1.54, 1.807) is 11.8 Å². The number of benzene rings is 1. The molecule has 0 radical (unpaired) electrons. The normalized spacial score (nSPS) is 13.1. The first-order chi connectivity index (χ1) is 10.6. The predicted molar refractivity (Wildman–Crippen MR) is 88.4 cm³/mol. The molecule has 0 aliphatic heterocycles. The quantitative estimate of drug-likeness (QED) is 0.626. The summed E-state index contributed by atoms with van der Waals surface area (Å²) in [6.45, 7) is 3.12. The lowest BCUT2D eigenvalue weighted by Crippen LogP contribution is -2.40. The Kier molecular flexibility index (Phi) is 5.55. The molecule has 0 aliphatic carbocycles. The Balaban J connectivity index is 2.01. The molecule has 1 heterocycles. The number of guanidine groups is 1. The van der Waals surface area contributed by atoms with Crippen molar-refractivity contribution in [2.45, 2.75) is 19.5 Å². The number of hydrogen-bond donors (Lipinski definition) is 2. The Labute approximate surface area is 131 Å². The molecule has 3 N–H and O–H groups in total. The monoisotopic (exact) mass is 301 g/mol. The Hall–Kier alpha value is -2.34.